The molecule has 7 heteroatoms. The van der Waals surface area contributed by atoms with E-state index in [2.05, 4.69) is 4.72 Å². The summed E-state index contributed by atoms with van der Waals surface area (Å²) in [4.78, 5) is -0.0985. The van der Waals surface area contributed by atoms with Gasteiger partial charge < -0.3 is 0 Å². The van der Waals surface area contributed by atoms with Crippen molar-refractivity contribution in [2.75, 3.05) is 0 Å². The molecule has 0 bridgehead atoms. The molecule has 0 saturated carbocycles. The minimum absolute atomic E-state index is 0.0445. The van der Waals surface area contributed by atoms with Crippen LogP contribution in [0.25, 0.3) is 0 Å². The van der Waals surface area contributed by atoms with Crippen LogP contribution in [0.4, 0.5) is 4.39 Å². The summed E-state index contributed by atoms with van der Waals surface area (Å²) in [6.45, 7) is 1.88. The summed E-state index contributed by atoms with van der Waals surface area (Å²) in [6.07, 6.45) is 0. The van der Waals surface area contributed by atoms with Crippen LogP contribution in [0.2, 0.25) is 10.0 Å². The molecule has 0 aliphatic rings. The third kappa shape index (κ3) is 3.74. The lowest BCUT2D eigenvalue weighted by molar-refractivity contribution is 0.580. The normalized spacial score (nSPS) is 11.6. The molecule has 0 saturated heterocycles. The van der Waals surface area contributed by atoms with E-state index < -0.39 is 15.8 Å². The summed E-state index contributed by atoms with van der Waals surface area (Å²) in [7, 11) is -3.79. The van der Waals surface area contributed by atoms with Crippen LogP contribution >= 0.6 is 23.2 Å². The van der Waals surface area contributed by atoms with Gasteiger partial charge in [-0.2, -0.15) is 0 Å². The molecule has 1 N–H and O–H groups in total. The summed E-state index contributed by atoms with van der Waals surface area (Å²) in [6, 6.07) is 8.55. The van der Waals surface area contributed by atoms with E-state index in [1.54, 1.807) is 12.1 Å². The van der Waals surface area contributed by atoms with Crippen LogP contribution < -0.4 is 4.72 Å². The largest absolute Gasteiger partial charge is 0.240 e. The van der Waals surface area contributed by atoms with Crippen molar-refractivity contribution in [3.05, 3.63) is 63.4 Å². The highest BCUT2D eigenvalue weighted by Gasteiger charge is 2.16. The molecule has 2 aromatic carbocycles. The Morgan fingerprint density at radius 1 is 1.14 bits per heavy atom. The predicted octanol–water partition coefficient (Wildman–Crippen LogP) is 3.92. The number of hydrogen-bond acceptors (Lipinski definition) is 2. The Morgan fingerprint density at radius 2 is 1.86 bits per heavy atom. The van der Waals surface area contributed by atoms with Gasteiger partial charge in [-0.25, -0.2) is 17.5 Å². The zero-order valence-corrected chi connectivity index (χ0v) is 13.4. The van der Waals surface area contributed by atoms with E-state index in [9.17, 15) is 12.8 Å². The van der Waals surface area contributed by atoms with Crippen molar-refractivity contribution in [3.8, 4) is 0 Å². The van der Waals surface area contributed by atoms with E-state index in [1.165, 1.54) is 0 Å². The number of nitrogens with one attached hydrogen (secondary N) is 1. The van der Waals surface area contributed by atoms with Crippen LogP contribution in [0.15, 0.2) is 41.3 Å². The second-order valence-corrected chi connectivity index (χ2v) is 7.02. The Kier molecular flexibility index (Phi) is 4.88. The van der Waals surface area contributed by atoms with Gasteiger partial charge in [0.2, 0.25) is 10.0 Å². The van der Waals surface area contributed by atoms with Crippen LogP contribution in [-0.4, -0.2) is 8.42 Å². The molecule has 0 unspecified atom stereocenters. The first-order valence-corrected chi connectivity index (χ1v) is 8.24. The van der Waals surface area contributed by atoms with E-state index in [4.69, 9.17) is 23.2 Å². The Bertz CT molecular complexity index is 758. The fraction of sp³-hybridized carbons (Fsp3) is 0.143. The van der Waals surface area contributed by atoms with Crippen molar-refractivity contribution in [2.45, 2.75) is 18.4 Å². The lowest BCUT2D eigenvalue weighted by Gasteiger charge is -2.11. The molecule has 0 aliphatic carbocycles. The summed E-state index contributed by atoms with van der Waals surface area (Å²) < 4.78 is 39.8. The van der Waals surface area contributed by atoms with Crippen LogP contribution in [0.1, 0.15) is 11.1 Å². The minimum Gasteiger partial charge on any atom is -0.207 e. The molecule has 0 radical (unpaired) electrons. The zero-order valence-electron chi connectivity index (χ0n) is 11.0. The molecule has 2 aromatic rings. The smallest absolute Gasteiger partial charge is 0.207 e. The highest BCUT2D eigenvalue weighted by atomic mass is 35.5. The average Bonchev–Trinajstić information content (AvgIpc) is 2.41. The van der Waals surface area contributed by atoms with Crippen molar-refractivity contribution >= 4 is 33.2 Å². The molecule has 2 rings (SSSR count). The summed E-state index contributed by atoms with van der Waals surface area (Å²) in [5.74, 6) is -0.669. The van der Waals surface area contributed by atoms with Gasteiger partial charge in [0.25, 0.3) is 0 Å². The maximum absolute atomic E-state index is 13.1. The molecule has 21 heavy (non-hydrogen) atoms. The Morgan fingerprint density at radius 3 is 2.48 bits per heavy atom. The third-order valence-electron chi connectivity index (χ3n) is 2.99. The van der Waals surface area contributed by atoms with Crippen molar-refractivity contribution in [3.63, 3.8) is 0 Å². The number of benzene rings is 2. The highest BCUT2D eigenvalue weighted by molar-refractivity contribution is 7.89. The lowest BCUT2D eigenvalue weighted by atomic mass is 10.1. The van der Waals surface area contributed by atoms with Gasteiger partial charge in [0.15, 0.2) is 0 Å². The van der Waals surface area contributed by atoms with Crippen LogP contribution in [0.5, 0.6) is 0 Å². The van der Waals surface area contributed by atoms with Gasteiger partial charge in [-0.3, -0.25) is 0 Å². The van der Waals surface area contributed by atoms with E-state index >= 15 is 0 Å². The molecular formula is C14H12Cl2FNO2S. The minimum atomic E-state index is -3.79. The summed E-state index contributed by atoms with van der Waals surface area (Å²) in [5, 5.41) is 0.238. The third-order valence-corrected chi connectivity index (χ3v) is 5.04. The second kappa shape index (κ2) is 6.32. The standard InChI is InChI=1S/C14H12Cl2FNO2S/c1-9-3-2-4-12(15)11(9)8-18-21(19,20)10-5-6-14(17)13(16)7-10/h2-7,18H,8H2,1H3. The highest BCUT2D eigenvalue weighted by Crippen LogP contribution is 2.22. The van der Waals surface area contributed by atoms with Gasteiger partial charge in [0.05, 0.1) is 9.92 Å². The monoisotopic (exact) mass is 347 g/mol. The molecule has 0 spiro atoms. The van der Waals surface area contributed by atoms with E-state index in [0.717, 1.165) is 23.8 Å². The topological polar surface area (TPSA) is 46.2 Å². The molecule has 0 fully saturated rings. The fourth-order valence-corrected chi connectivity index (χ4v) is 3.34. The molecule has 3 nitrogen and oxygen atoms in total. The lowest BCUT2D eigenvalue weighted by Crippen LogP contribution is -2.23. The molecular weight excluding hydrogens is 336 g/mol. The van der Waals surface area contributed by atoms with E-state index in [-0.39, 0.29) is 16.5 Å². The predicted molar refractivity (Wildman–Crippen MR) is 81.6 cm³/mol. The summed E-state index contributed by atoms with van der Waals surface area (Å²) in [5.41, 5.74) is 1.57. The Labute approximate surface area is 132 Å². The van der Waals surface area contributed by atoms with Gasteiger partial charge in [0, 0.05) is 11.6 Å². The number of aryl methyl sites for hydroxylation is 1. The van der Waals surface area contributed by atoms with Crippen molar-refractivity contribution in [1.82, 2.24) is 4.72 Å². The molecule has 112 valence electrons. The van der Waals surface area contributed by atoms with Gasteiger partial charge in [-0.15, -0.1) is 0 Å². The van der Waals surface area contributed by atoms with Crippen LogP contribution in [0, 0.1) is 12.7 Å². The fourth-order valence-electron chi connectivity index (χ4n) is 1.78. The Balaban J connectivity index is 2.24. The Hall–Kier alpha value is -1.14. The van der Waals surface area contributed by atoms with Crippen LogP contribution in [0.3, 0.4) is 0 Å². The molecule has 0 aliphatic heterocycles. The van der Waals surface area contributed by atoms with Crippen molar-refractivity contribution in [1.29, 1.82) is 0 Å². The first-order chi connectivity index (χ1) is 9.81. The van der Waals surface area contributed by atoms with Gasteiger partial charge in [-0.05, 0) is 42.3 Å². The maximum Gasteiger partial charge on any atom is 0.240 e. The van der Waals surface area contributed by atoms with Crippen molar-refractivity contribution < 1.29 is 12.8 Å². The van der Waals surface area contributed by atoms with Gasteiger partial charge >= 0.3 is 0 Å². The van der Waals surface area contributed by atoms with Gasteiger partial charge in [0.1, 0.15) is 5.82 Å². The van der Waals surface area contributed by atoms with E-state index in [1.807, 2.05) is 13.0 Å². The van der Waals surface area contributed by atoms with Crippen LogP contribution in [-0.2, 0) is 16.6 Å². The average molecular weight is 348 g/mol. The maximum atomic E-state index is 13.1. The zero-order chi connectivity index (χ0) is 15.6. The number of halogens is 3. The second-order valence-electron chi connectivity index (χ2n) is 4.44. The molecule has 0 aromatic heterocycles. The van der Waals surface area contributed by atoms with Gasteiger partial charge in [-0.1, -0.05) is 35.3 Å². The number of rotatable bonds is 4. The number of hydrogen-bond donors (Lipinski definition) is 1. The SMILES string of the molecule is Cc1cccc(Cl)c1CNS(=O)(=O)c1ccc(F)c(Cl)c1. The molecule has 0 atom stereocenters. The molecule has 0 amide bonds. The summed E-state index contributed by atoms with van der Waals surface area (Å²) >= 11 is 11.6. The first-order valence-electron chi connectivity index (χ1n) is 6.00. The van der Waals surface area contributed by atoms with Crippen molar-refractivity contribution in [2.24, 2.45) is 0 Å². The quantitative estimate of drug-likeness (QED) is 0.910. The first kappa shape index (κ1) is 16.2. The van der Waals surface area contributed by atoms with E-state index in [0.29, 0.717) is 10.6 Å². The molecule has 0 heterocycles. The number of sulfonamides is 1.